The molecule has 0 aliphatic heterocycles. The molecule has 132 valence electrons. The Hall–Kier alpha value is -3.28. The highest BCUT2D eigenvalue weighted by Gasteiger charge is 2.10. The van der Waals surface area contributed by atoms with Gasteiger partial charge >= 0.3 is 0 Å². The zero-order valence-electron chi connectivity index (χ0n) is 14.6. The minimum Gasteiger partial charge on any atom is -0.348 e. The number of amides is 1. The molecule has 1 aromatic heterocycles. The first kappa shape index (κ1) is 17.5. The van der Waals surface area contributed by atoms with Gasteiger partial charge in [-0.15, -0.1) is 0 Å². The highest BCUT2D eigenvalue weighted by Crippen LogP contribution is 2.22. The van der Waals surface area contributed by atoms with Crippen LogP contribution in [0.4, 0.5) is 16.0 Å². The maximum atomic E-state index is 13.6. The fourth-order valence-corrected chi connectivity index (χ4v) is 2.55. The Bertz CT molecular complexity index is 905. The van der Waals surface area contributed by atoms with Crippen LogP contribution in [0.3, 0.4) is 0 Å². The molecule has 0 atom stereocenters. The molecule has 5 nitrogen and oxygen atoms in total. The molecule has 0 aliphatic rings. The Morgan fingerprint density at radius 3 is 2.31 bits per heavy atom. The van der Waals surface area contributed by atoms with Crippen LogP contribution in [-0.2, 0) is 6.54 Å². The minimum absolute atomic E-state index is 0.105. The summed E-state index contributed by atoms with van der Waals surface area (Å²) in [5, 5.41) is 5.83. The van der Waals surface area contributed by atoms with E-state index in [9.17, 15) is 9.18 Å². The van der Waals surface area contributed by atoms with Crippen LogP contribution in [0.15, 0.2) is 54.9 Å². The SMILES string of the molecule is Cc1cccc(C)c1Nc1ncc(C(=O)NCc2ccccc2F)cn1. The first-order valence-electron chi connectivity index (χ1n) is 8.21. The van der Waals surface area contributed by atoms with Gasteiger partial charge < -0.3 is 10.6 Å². The van der Waals surface area contributed by atoms with Crippen molar-refractivity contribution in [3.63, 3.8) is 0 Å². The molecule has 3 aromatic rings. The van der Waals surface area contributed by atoms with Gasteiger partial charge in [0.25, 0.3) is 5.91 Å². The van der Waals surface area contributed by atoms with Gasteiger partial charge in [0.2, 0.25) is 5.95 Å². The van der Waals surface area contributed by atoms with Crippen LogP contribution in [0, 0.1) is 19.7 Å². The second kappa shape index (κ2) is 7.74. The normalized spacial score (nSPS) is 10.4. The second-order valence-electron chi connectivity index (χ2n) is 5.96. The summed E-state index contributed by atoms with van der Waals surface area (Å²) in [4.78, 5) is 20.6. The summed E-state index contributed by atoms with van der Waals surface area (Å²) in [6.45, 7) is 4.10. The van der Waals surface area contributed by atoms with Crippen LogP contribution in [0.2, 0.25) is 0 Å². The molecule has 0 saturated carbocycles. The lowest BCUT2D eigenvalue weighted by Crippen LogP contribution is -2.23. The van der Waals surface area contributed by atoms with Crippen molar-refractivity contribution in [3.8, 4) is 0 Å². The number of aryl methyl sites for hydroxylation is 2. The molecular formula is C20H19FN4O. The van der Waals surface area contributed by atoms with Gasteiger partial charge in [0, 0.05) is 30.2 Å². The number of nitrogens with zero attached hydrogens (tertiary/aromatic N) is 2. The fourth-order valence-electron chi connectivity index (χ4n) is 2.55. The third-order valence-electron chi connectivity index (χ3n) is 4.03. The van der Waals surface area contributed by atoms with Crippen LogP contribution in [-0.4, -0.2) is 15.9 Å². The Balaban J connectivity index is 1.65. The van der Waals surface area contributed by atoms with Crippen molar-refractivity contribution in [2.75, 3.05) is 5.32 Å². The van der Waals surface area contributed by atoms with E-state index in [0.29, 0.717) is 17.1 Å². The van der Waals surface area contributed by atoms with E-state index < -0.39 is 0 Å². The average molecular weight is 350 g/mol. The molecule has 1 heterocycles. The molecule has 0 unspecified atom stereocenters. The molecule has 0 radical (unpaired) electrons. The van der Waals surface area contributed by atoms with E-state index in [-0.39, 0.29) is 18.3 Å². The van der Waals surface area contributed by atoms with Crippen LogP contribution in [0.25, 0.3) is 0 Å². The van der Waals surface area contributed by atoms with Crippen molar-refractivity contribution in [2.24, 2.45) is 0 Å². The molecule has 26 heavy (non-hydrogen) atoms. The lowest BCUT2D eigenvalue weighted by atomic mass is 10.1. The smallest absolute Gasteiger partial charge is 0.254 e. The number of nitrogens with one attached hydrogen (secondary N) is 2. The lowest BCUT2D eigenvalue weighted by molar-refractivity contribution is 0.0950. The number of hydrogen-bond donors (Lipinski definition) is 2. The lowest BCUT2D eigenvalue weighted by Gasteiger charge is -2.11. The van der Waals surface area contributed by atoms with Gasteiger partial charge in [-0.1, -0.05) is 36.4 Å². The first-order valence-corrected chi connectivity index (χ1v) is 8.21. The van der Waals surface area contributed by atoms with Crippen LogP contribution < -0.4 is 10.6 Å². The number of hydrogen-bond acceptors (Lipinski definition) is 4. The molecule has 1 amide bonds. The van der Waals surface area contributed by atoms with Gasteiger partial charge in [0.05, 0.1) is 5.56 Å². The van der Waals surface area contributed by atoms with E-state index in [2.05, 4.69) is 20.6 Å². The summed E-state index contributed by atoms with van der Waals surface area (Å²) in [5.74, 6) is -0.294. The molecule has 0 aliphatic carbocycles. The van der Waals surface area contributed by atoms with Crippen LogP contribution in [0.1, 0.15) is 27.0 Å². The van der Waals surface area contributed by atoms with E-state index in [1.165, 1.54) is 18.5 Å². The summed E-state index contributed by atoms with van der Waals surface area (Å²) in [6, 6.07) is 12.3. The van der Waals surface area contributed by atoms with Gasteiger partial charge in [0.1, 0.15) is 5.82 Å². The first-order chi connectivity index (χ1) is 12.5. The predicted molar refractivity (Wildman–Crippen MR) is 98.8 cm³/mol. The fraction of sp³-hybridized carbons (Fsp3) is 0.150. The molecule has 2 N–H and O–H groups in total. The zero-order valence-corrected chi connectivity index (χ0v) is 14.6. The number of halogens is 1. The zero-order chi connectivity index (χ0) is 18.5. The van der Waals surface area contributed by atoms with Crippen LogP contribution in [0.5, 0.6) is 0 Å². The van der Waals surface area contributed by atoms with Gasteiger partial charge in [-0.2, -0.15) is 0 Å². The van der Waals surface area contributed by atoms with Crippen molar-refractivity contribution < 1.29 is 9.18 Å². The predicted octanol–water partition coefficient (Wildman–Crippen LogP) is 3.91. The second-order valence-corrected chi connectivity index (χ2v) is 5.96. The summed E-state index contributed by atoms with van der Waals surface area (Å²) in [5.41, 5.74) is 3.85. The minimum atomic E-state index is -0.355. The molecule has 0 spiro atoms. The van der Waals surface area contributed by atoms with E-state index in [4.69, 9.17) is 0 Å². The highest BCUT2D eigenvalue weighted by molar-refractivity contribution is 5.93. The number of rotatable bonds is 5. The Morgan fingerprint density at radius 2 is 1.65 bits per heavy atom. The van der Waals surface area contributed by atoms with Crippen molar-refractivity contribution in [3.05, 3.63) is 82.9 Å². The summed E-state index contributed by atoms with van der Waals surface area (Å²) >= 11 is 0. The Kier molecular flexibility index (Phi) is 5.22. The quantitative estimate of drug-likeness (QED) is 0.732. The Morgan fingerprint density at radius 1 is 1.00 bits per heavy atom. The molecule has 0 fully saturated rings. The number of aromatic nitrogens is 2. The maximum absolute atomic E-state index is 13.6. The molecule has 0 bridgehead atoms. The van der Waals surface area contributed by atoms with Crippen molar-refractivity contribution in [1.29, 1.82) is 0 Å². The largest absolute Gasteiger partial charge is 0.348 e. The summed E-state index contributed by atoms with van der Waals surface area (Å²) in [6.07, 6.45) is 2.89. The third-order valence-corrected chi connectivity index (χ3v) is 4.03. The summed E-state index contributed by atoms with van der Waals surface area (Å²) < 4.78 is 13.6. The van der Waals surface area contributed by atoms with Gasteiger partial charge in [0.15, 0.2) is 0 Å². The molecule has 0 saturated heterocycles. The monoisotopic (exact) mass is 350 g/mol. The third kappa shape index (κ3) is 4.03. The van der Waals surface area contributed by atoms with Crippen molar-refractivity contribution in [2.45, 2.75) is 20.4 Å². The van der Waals surface area contributed by atoms with Crippen molar-refractivity contribution in [1.82, 2.24) is 15.3 Å². The topological polar surface area (TPSA) is 66.9 Å². The van der Waals surface area contributed by atoms with E-state index >= 15 is 0 Å². The van der Waals surface area contributed by atoms with E-state index in [0.717, 1.165) is 16.8 Å². The van der Waals surface area contributed by atoms with Crippen molar-refractivity contribution >= 4 is 17.5 Å². The number of carbonyl (C=O) groups is 1. The Labute approximate surface area is 151 Å². The summed E-state index contributed by atoms with van der Waals surface area (Å²) in [7, 11) is 0. The van der Waals surface area contributed by atoms with Gasteiger partial charge in [-0.25, -0.2) is 14.4 Å². The molecule has 6 heteroatoms. The maximum Gasteiger partial charge on any atom is 0.254 e. The molecule has 3 rings (SSSR count). The molecule has 2 aromatic carbocycles. The highest BCUT2D eigenvalue weighted by atomic mass is 19.1. The van der Waals surface area contributed by atoms with E-state index in [1.54, 1.807) is 18.2 Å². The van der Waals surface area contributed by atoms with Gasteiger partial charge in [-0.3, -0.25) is 4.79 Å². The standard InChI is InChI=1S/C20H19FN4O/c1-13-6-5-7-14(2)18(13)25-20-23-11-16(12-24-20)19(26)22-10-15-8-3-4-9-17(15)21/h3-9,11-12H,10H2,1-2H3,(H,22,26)(H,23,24,25). The molecular weight excluding hydrogens is 331 g/mol. The number of benzene rings is 2. The van der Waals surface area contributed by atoms with Gasteiger partial charge in [-0.05, 0) is 31.0 Å². The van der Waals surface area contributed by atoms with E-state index in [1.807, 2.05) is 32.0 Å². The number of carbonyl (C=O) groups excluding carboxylic acids is 1. The number of anilines is 2. The van der Waals surface area contributed by atoms with Crippen LogP contribution >= 0.6 is 0 Å². The number of para-hydroxylation sites is 1. The average Bonchev–Trinajstić information content (AvgIpc) is 2.64.